The van der Waals surface area contributed by atoms with Crippen LogP contribution in [0.25, 0.3) is 0 Å². The molecule has 1 heterocycles. The van der Waals surface area contributed by atoms with Gasteiger partial charge in [0, 0.05) is 0 Å². The third kappa shape index (κ3) is 0.349. The SMILES string of the molecule is N#CC1OO1. The summed E-state index contributed by atoms with van der Waals surface area (Å²) in [5.74, 6) is 0. The lowest BCUT2D eigenvalue weighted by molar-refractivity contribution is 0.0850. The largest absolute Gasteiger partial charge is 0.308 e. The smallest absolute Gasteiger partial charge is 0.192 e. The van der Waals surface area contributed by atoms with Gasteiger partial charge in [0.1, 0.15) is 6.07 Å². The molecule has 1 aliphatic heterocycles. The molecule has 0 atom stereocenters. The van der Waals surface area contributed by atoms with E-state index in [1.807, 2.05) is 0 Å². The minimum absolute atomic E-state index is 0.560. The second kappa shape index (κ2) is 0.677. The lowest BCUT2D eigenvalue weighted by atomic mass is 10.8. The predicted molar refractivity (Wildman–Crippen MR) is 11.6 cm³/mol. The highest BCUT2D eigenvalue weighted by molar-refractivity contribution is 4.77. The van der Waals surface area contributed by atoms with Gasteiger partial charge < -0.3 is 0 Å². The van der Waals surface area contributed by atoms with Crippen LogP contribution >= 0.6 is 0 Å². The van der Waals surface area contributed by atoms with E-state index in [0.29, 0.717) is 0 Å². The van der Waals surface area contributed by atoms with Crippen LogP contribution in [0.5, 0.6) is 0 Å². The molecule has 0 spiro atoms. The minimum Gasteiger partial charge on any atom is -0.192 e. The van der Waals surface area contributed by atoms with Crippen molar-refractivity contribution in [2.24, 2.45) is 0 Å². The summed E-state index contributed by atoms with van der Waals surface area (Å²) >= 11 is 0. The highest BCUT2D eigenvalue weighted by Gasteiger charge is 2.23. The van der Waals surface area contributed by atoms with E-state index in [0.717, 1.165) is 0 Å². The topological polar surface area (TPSA) is 48.9 Å². The van der Waals surface area contributed by atoms with Crippen molar-refractivity contribution in [3.05, 3.63) is 0 Å². The number of nitriles is 1. The van der Waals surface area contributed by atoms with E-state index >= 15 is 0 Å². The molecule has 0 radical (unpaired) electrons. The number of nitrogens with zero attached hydrogens (tertiary/aromatic N) is 1. The molecule has 1 fully saturated rings. The van der Waals surface area contributed by atoms with Crippen LogP contribution in [0.2, 0.25) is 0 Å². The van der Waals surface area contributed by atoms with Gasteiger partial charge >= 0.3 is 6.29 Å². The van der Waals surface area contributed by atoms with Crippen molar-refractivity contribution in [2.45, 2.75) is 6.29 Å². The molecule has 0 aromatic carbocycles. The van der Waals surface area contributed by atoms with Gasteiger partial charge in [-0.05, 0) is 0 Å². The molecular weight excluding hydrogens is 70.0 g/mol. The molecule has 26 valence electrons. The molecular formula is C2HNO2. The Hall–Kier alpha value is -0.590. The first-order valence-electron chi connectivity index (χ1n) is 1.15. The van der Waals surface area contributed by atoms with E-state index in [-0.39, 0.29) is 0 Å². The minimum atomic E-state index is -0.560. The van der Waals surface area contributed by atoms with Crippen LogP contribution in [0.4, 0.5) is 0 Å². The summed E-state index contributed by atoms with van der Waals surface area (Å²) in [6.45, 7) is 0. The lowest BCUT2D eigenvalue weighted by Crippen LogP contribution is -1.66. The Kier molecular flexibility index (Phi) is 0.357. The highest BCUT2D eigenvalue weighted by Crippen LogP contribution is 2.07. The molecule has 5 heavy (non-hydrogen) atoms. The maximum absolute atomic E-state index is 7.71. The summed E-state index contributed by atoms with van der Waals surface area (Å²) in [4.78, 5) is 7.99. The Balaban J connectivity index is 2.30. The van der Waals surface area contributed by atoms with Gasteiger partial charge in [0.15, 0.2) is 0 Å². The van der Waals surface area contributed by atoms with Crippen molar-refractivity contribution in [1.29, 1.82) is 5.26 Å². The molecule has 0 amide bonds. The van der Waals surface area contributed by atoms with Crippen LogP contribution in [0.15, 0.2) is 0 Å². The molecule has 0 bridgehead atoms. The molecule has 0 saturated carbocycles. The molecule has 0 unspecified atom stereocenters. The Morgan fingerprint density at radius 3 is 2.20 bits per heavy atom. The maximum atomic E-state index is 7.71. The zero-order valence-corrected chi connectivity index (χ0v) is 2.34. The number of hydrogen-bond donors (Lipinski definition) is 0. The lowest BCUT2D eigenvalue weighted by Gasteiger charge is -1.39. The van der Waals surface area contributed by atoms with E-state index < -0.39 is 6.29 Å². The van der Waals surface area contributed by atoms with Gasteiger partial charge in [-0.25, -0.2) is 0 Å². The fraction of sp³-hybridized carbons (Fsp3) is 0.500. The summed E-state index contributed by atoms with van der Waals surface area (Å²) in [5, 5.41) is 7.71. The van der Waals surface area contributed by atoms with Crippen LogP contribution in [-0.2, 0) is 9.78 Å². The summed E-state index contributed by atoms with van der Waals surface area (Å²) < 4.78 is 0. The Morgan fingerprint density at radius 1 is 1.60 bits per heavy atom. The molecule has 3 nitrogen and oxygen atoms in total. The zero-order chi connectivity index (χ0) is 3.70. The second-order valence-corrected chi connectivity index (χ2v) is 0.653. The van der Waals surface area contributed by atoms with E-state index in [9.17, 15) is 0 Å². The molecule has 0 aromatic rings. The van der Waals surface area contributed by atoms with Crippen molar-refractivity contribution >= 4 is 0 Å². The maximum Gasteiger partial charge on any atom is 0.308 e. The first-order chi connectivity index (χ1) is 2.43. The molecule has 1 rings (SSSR count). The van der Waals surface area contributed by atoms with Crippen LogP contribution in [-0.4, -0.2) is 6.29 Å². The van der Waals surface area contributed by atoms with Crippen molar-refractivity contribution in [3.8, 4) is 6.07 Å². The summed E-state index contributed by atoms with van der Waals surface area (Å²) in [6, 6.07) is 1.69. The Morgan fingerprint density at radius 2 is 2.20 bits per heavy atom. The van der Waals surface area contributed by atoms with Crippen molar-refractivity contribution in [1.82, 2.24) is 0 Å². The Labute approximate surface area is 28.6 Å². The van der Waals surface area contributed by atoms with Crippen LogP contribution in [0.1, 0.15) is 0 Å². The van der Waals surface area contributed by atoms with Gasteiger partial charge in [-0.1, -0.05) is 0 Å². The van der Waals surface area contributed by atoms with Gasteiger partial charge in [0.25, 0.3) is 0 Å². The molecule has 1 aliphatic rings. The van der Waals surface area contributed by atoms with Gasteiger partial charge in [-0.15, -0.1) is 0 Å². The summed E-state index contributed by atoms with van der Waals surface area (Å²) in [6.07, 6.45) is -0.560. The van der Waals surface area contributed by atoms with Crippen LogP contribution in [0, 0.1) is 11.3 Å². The number of rotatable bonds is 0. The van der Waals surface area contributed by atoms with Crippen molar-refractivity contribution < 1.29 is 9.78 Å². The first-order valence-corrected chi connectivity index (χ1v) is 1.15. The average molecular weight is 71.0 g/mol. The van der Waals surface area contributed by atoms with Crippen LogP contribution < -0.4 is 0 Å². The van der Waals surface area contributed by atoms with E-state index in [4.69, 9.17) is 5.26 Å². The summed E-state index contributed by atoms with van der Waals surface area (Å²) in [7, 11) is 0. The van der Waals surface area contributed by atoms with Crippen molar-refractivity contribution in [3.63, 3.8) is 0 Å². The monoisotopic (exact) mass is 71.0 g/mol. The summed E-state index contributed by atoms with van der Waals surface area (Å²) in [5.41, 5.74) is 0. The van der Waals surface area contributed by atoms with E-state index in [2.05, 4.69) is 9.78 Å². The van der Waals surface area contributed by atoms with Gasteiger partial charge in [0.2, 0.25) is 0 Å². The van der Waals surface area contributed by atoms with Gasteiger partial charge in [-0.3, -0.25) is 0 Å². The first kappa shape index (κ1) is 2.64. The molecule has 0 aliphatic carbocycles. The average Bonchev–Trinajstić information content (AvgIpc) is 2.12. The van der Waals surface area contributed by atoms with E-state index in [1.54, 1.807) is 6.07 Å². The van der Waals surface area contributed by atoms with Crippen LogP contribution in [0.3, 0.4) is 0 Å². The molecule has 0 aromatic heterocycles. The fourth-order valence-corrected chi connectivity index (χ4v) is 0.0708. The Bertz CT molecular complexity index is 70.2. The van der Waals surface area contributed by atoms with Gasteiger partial charge in [-0.2, -0.15) is 15.0 Å². The molecule has 3 heteroatoms. The highest BCUT2D eigenvalue weighted by atomic mass is 17.4. The predicted octanol–water partition coefficient (Wildman–Crippen LogP) is -0.202. The zero-order valence-electron chi connectivity index (χ0n) is 2.34. The van der Waals surface area contributed by atoms with Gasteiger partial charge in [0.05, 0.1) is 0 Å². The third-order valence-electron chi connectivity index (χ3n) is 0.298. The quantitative estimate of drug-likeness (QED) is 0.293. The fourth-order valence-electron chi connectivity index (χ4n) is 0.0708. The van der Waals surface area contributed by atoms with E-state index in [1.165, 1.54) is 0 Å². The molecule has 1 saturated heterocycles. The molecule has 0 N–H and O–H groups in total. The third-order valence-corrected chi connectivity index (χ3v) is 0.298. The van der Waals surface area contributed by atoms with Crippen molar-refractivity contribution in [2.75, 3.05) is 0 Å². The normalized spacial score (nSPS) is 21.4. The standard InChI is InChI=1S/C2HNO2/c3-1-2-4-5-2/h2H. The second-order valence-electron chi connectivity index (χ2n) is 0.653. The number of hydrogen-bond acceptors (Lipinski definition) is 3.